The van der Waals surface area contributed by atoms with Gasteiger partial charge in [-0.3, -0.25) is 14.6 Å². The molecule has 3 aromatic rings. The van der Waals surface area contributed by atoms with E-state index in [9.17, 15) is 19.8 Å². The number of carbonyl (C=O) groups is 2. The van der Waals surface area contributed by atoms with Crippen molar-refractivity contribution in [2.45, 2.75) is 145 Å². The van der Waals surface area contributed by atoms with Gasteiger partial charge in [-0.25, -0.2) is 4.98 Å². The fourth-order valence-electron chi connectivity index (χ4n) is 9.09. The van der Waals surface area contributed by atoms with Crippen LogP contribution in [0.1, 0.15) is 181 Å². The maximum Gasteiger partial charge on any atom is 2.00 e. The van der Waals surface area contributed by atoms with Gasteiger partial charge in [0, 0.05) is 29.5 Å². The molecule has 2 aliphatic heterocycles. The zero-order valence-electron chi connectivity index (χ0n) is 37.9. The second-order valence-electron chi connectivity index (χ2n) is 17.1. The summed E-state index contributed by atoms with van der Waals surface area (Å²) in [6, 6.07) is 3.70. The number of hydrogen-bond acceptors (Lipinski definition) is 7. The molecule has 6 rings (SSSR count). The molecule has 8 bridgehead atoms. The number of carbonyl (C=O) groups excluding carboxylic acids is 2. The molecule has 5 heterocycles. The van der Waals surface area contributed by atoms with Gasteiger partial charge in [0.05, 0.1) is 23.2 Å². The Morgan fingerprint density at radius 1 is 0.918 bits per heavy atom. The Balaban J connectivity index is 0.00000704. The van der Waals surface area contributed by atoms with E-state index in [1.807, 2.05) is 32.9 Å². The molecular weight excluding hydrogens is 773 g/mol. The van der Waals surface area contributed by atoms with Crippen molar-refractivity contribution >= 4 is 80.4 Å². The topological polar surface area (TPSA) is 141 Å². The van der Waals surface area contributed by atoms with Crippen molar-refractivity contribution < 1.29 is 24.5 Å². The number of aliphatic hydroxyl groups excluding tert-OH is 1. The van der Waals surface area contributed by atoms with Crippen molar-refractivity contribution in [1.29, 1.82) is 0 Å². The van der Waals surface area contributed by atoms with E-state index in [2.05, 4.69) is 53.7 Å². The molecule has 3 aliphatic rings. The van der Waals surface area contributed by atoms with Gasteiger partial charge in [0.2, 0.25) is 0 Å². The van der Waals surface area contributed by atoms with E-state index in [1.54, 1.807) is 19.1 Å². The Morgan fingerprint density at radius 2 is 1.59 bits per heavy atom. The fraction of sp³-hybridized carbons (Fsp3) is 0.451. The van der Waals surface area contributed by atoms with Crippen LogP contribution >= 0.6 is 0 Å². The van der Waals surface area contributed by atoms with Crippen molar-refractivity contribution in [3.8, 4) is 0 Å². The van der Waals surface area contributed by atoms with E-state index in [4.69, 9.17) is 24.7 Å². The average molecular weight is 834 g/mol. The van der Waals surface area contributed by atoms with E-state index in [-0.39, 0.29) is 59.6 Å². The molecule has 1 N–H and O–H groups in total. The van der Waals surface area contributed by atoms with E-state index in [0.29, 0.717) is 75.0 Å². The number of fused-ring (bicyclic) bond motifs is 8. The first-order valence-corrected chi connectivity index (χ1v) is 21.7. The average Bonchev–Trinajstić information content (AvgIpc) is 3.97. The summed E-state index contributed by atoms with van der Waals surface area (Å²) in [5.41, 5.74) is 14.8. The number of rotatable bonds is 16. The third-order valence-corrected chi connectivity index (χ3v) is 12.3. The molecule has 1 unspecified atom stereocenters. The zero-order valence-corrected chi connectivity index (χ0v) is 39.3. The number of aliphatic hydroxyl groups is 1. The van der Waals surface area contributed by atoms with Crippen LogP contribution in [-0.4, -0.2) is 57.0 Å². The zero-order chi connectivity index (χ0) is 43.4. The minimum atomic E-state index is -0.832. The van der Waals surface area contributed by atoms with Crippen LogP contribution in [0, 0.1) is 13.8 Å². The first-order chi connectivity index (χ1) is 28.7. The summed E-state index contributed by atoms with van der Waals surface area (Å²) < 4.78 is 5.74. The third kappa shape index (κ3) is 10.1. The quantitative estimate of drug-likeness (QED) is 0.0646. The van der Waals surface area contributed by atoms with Gasteiger partial charge in [-0.1, -0.05) is 85.4 Å². The van der Waals surface area contributed by atoms with E-state index < -0.39 is 6.10 Å². The molecule has 0 amide bonds. The Labute approximate surface area is 377 Å². The van der Waals surface area contributed by atoms with E-state index in [0.717, 1.165) is 72.0 Å². The van der Waals surface area contributed by atoms with Crippen LogP contribution in [0.4, 0.5) is 0 Å². The molecule has 0 fully saturated rings. The molecule has 1 aliphatic carbocycles. The summed E-state index contributed by atoms with van der Waals surface area (Å²) >= 11 is 0. The standard InChI is InChI=1S/C51H63N4O5.Mg/c1-11-15-37-39(27-56)42-26-43-46(34(10)57)32(8)49(54-43)33(9)48-31(7)36(20-21-45(59)60-23-22-30(6)19-14-18-29(5)17-13-16-28(3)4)50(55-48)38-24-44(58)47-35(12-2)40(53-51(38)47)25-41(37)52-42;/h16,18,22,24-27,31,34,36,57H,11-15,17,19-21,23H2,1-10H3,(H2-,52,53,54,55,56,58);/q-1;+2/p-2/b29-18+,30-22+;/t31-,34?,36-;/m0./s1. The predicted octanol–water partition coefficient (Wildman–Crippen LogP) is 10.1. The van der Waals surface area contributed by atoms with Gasteiger partial charge in [0.15, 0.2) is 6.29 Å². The summed E-state index contributed by atoms with van der Waals surface area (Å²) in [4.78, 5) is 46.5. The van der Waals surface area contributed by atoms with Crippen LogP contribution in [0.5, 0.6) is 0 Å². The molecule has 9 nitrogen and oxygen atoms in total. The molecular formula is C51H61MgN4O5-. The van der Waals surface area contributed by atoms with Crippen LogP contribution in [0.3, 0.4) is 0 Å². The monoisotopic (exact) mass is 833 g/mol. The number of aromatic nitrogens is 4. The number of ether oxygens (including phenoxy) is 1. The van der Waals surface area contributed by atoms with Crippen LogP contribution in [0.15, 0.2) is 47.1 Å². The summed E-state index contributed by atoms with van der Waals surface area (Å²) in [7, 11) is 0. The number of esters is 1. The maximum absolute atomic E-state index is 13.9. The Kier molecular flexibility index (Phi) is 16.0. The summed E-state index contributed by atoms with van der Waals surface area (Å²) in [5, 5.41) is 25.0. The summed E-state index contributed by atoms with van der Waals surface area (Å²) in [6.45, 7) is 20.6. The van der Waals surface area contributed by atoms with Crippen molar-refractivity contribution in [1.82, 2.24) is 19.9 Å². The molecule has 318 valence electrons. The van der Waals surface area contributed by atoms with E-state index >= 15 is 0 Å². The predicted molar refractivity (Wildman–Crippen MR) is 247 cm³/mol. The number of nitrogens with zero attached hydrogens (tertiary/aromatic N) is 4. The number of hydrogen-bond donors (Lipinski definition) is 1. The molecule has 0 saturated carbocycles. The van der Waals surface area contributed by atoms with Gasteiger partial charge >= 0.3 is 29.0 Å². The normalized spacial score (nSPS) is 16.7. The molecule has 0 spiro atoms. The number of aryl methyl sites for hydroxylation is 3. The van der Waals surface area contributed by atoms with Gasteiger partial charge < -0.3 is 24.9 Å². The van der Waals surface area contributed by atoms with Gasteiger partial charge in [-0.05, 0) is 127 Å². The molecule has 3 aromatic heterocycles. The molecule has 0 saturated heterocycles. The first kappa shape index (κ1) is 47.5. The SMILES string of the molecule is CCCC1=C(C=O)c2cc3[n-]c(c(C)c4nc(c5c6[n-]c(cc1n2)c(CC)c6C([O-])=C5)[C@@H](CCC(=O)OC/C=C(\C)CC/C=C(\C)CCC=C(C)C)[C@@H]4C)c(C)c3C(C)O.[Mg+2]. The maximum atomic E-state index is 13.9. The van der Waals surface area contributed by atoms with Crippen LogP contribution in [0.2, 0.25) is 0 Å². The van der Waals surface area contributed by atoms with Crippen molar-refractivity contribution in [3.63, 3.8) is 0 Å². The van der Waals surface area contributed by atoms with Gasteiger partial charge in [0.25, 0.3) is 0 Å². The van der Waals surface area contributed by atoms with Gasteiger partial charge in [-0.2, -0.15) is 0 Å². The minimum absolute atomic E-state index is 0. The Morgan fingerprint density at radius 3 is 2.25 bits per heavy atom. The van der Waals surface area contributed by atoms with Gasteiger partial charge in [0.1, 0.15) is 6.61 Å². The molecule has 3 atom stereocenters. The van der Waals surface area contributed by atoms with Crippen LogP contribution in [-0.2, 0) is 20.7 Å². The Bertz CT molecular complexity index is 2510. The van der Waals surface area contributed by atoms with Gasteiger partial charge in [-0.15, -0.1) is 27.8 Å². The largest absolute Gasteiger partial charge is 2.00 e. The number of aldehydes is 1. The molecule has 61 heavy (non-hydrogen) atoms. The van der Waals surface area contributed by atoms with E-state index in [1.165, 1.54) is 16.7 Å². The third-order valence-electron chi connectivity index (χ3n) is 12.3. The summed E-state index contributed by atoms with van der Waals surface area (Å²) in [6.07, 6.45) is 14.9. The molecule has 0 aromatic carbocycles. The minimum Gasteiger partial charge on any atom is -0.872 e. The fourth-order valence-corrected chi connectivity index (χ4v) is 9.09. The van der Waals surface area contributed by atoms with Crippen molar-refractivity contribution in [2.24, 2.45) is 0 Å². The second-order valence-corrected chi connectivity index (χ2v) is 17.1. The molecule has 0 radical (unpaired) electrons. The van der Waals surface area contributed by atoms with Crippen LogP contribution in [0.25, 0.3) is 45.0 Å². The summed E-state index contributed by atoms with van der Waals surface area (Å²) in [5.74, 6) is -0.734. The smallest absolute Gasteiger partial charge is 0.872 e. The first-order valence-electron chi connectivity index (χ1n) is 21.7. The van der Waals surface area contributed by atoms with Crippen molar-refractivity contribution in [2.75, 3.05) is 6.61 Å². The van der Waals surface area contributed by atoms with Crippen LogP contribution < -0.4 is 15.1 Å². The van der Waals surface area contributed by atoms with Crippen molar-refractivity contribution in [3.05, 3.63) is 103 Å². The number of allylic oxidation sites excluding steroid dienone is 7. The second kappa shape index (κ2) is 20.6. The Hall–Kier alpha value is -4.51. The molecule has 10 heteroatoms.